The molecule has 2 aromatic carbocycles. The summed E-state index contributed by atoms with van der Waals surface area (Å²) in [7, 11) is 0. The standard InChI is InChI=1S/C17H14N6O/c18-9-11-3-1-5-13(7-11)21-17(24)22-14-6-2-4-12(8-14)15-10-20-16(19)23-15/h1-8,10H,(H3,19,20,23)(H2,21,22,24). The zero-order chi connectivity index (χ0) is 16.9. The number of hydrogen-bond donors (Lipinski definition) is 4. The molecule has 0 aliphatic heterocycles. The largest absolute Gasteiger partial charge is 0.369 e. The van der Waals surface area contributed by atoms with Gasteiger partial charge in [0.05, 0.1) is 23.5 Å². The predicted molar refractivity (Wildman–Crippen MR) is 92.2 cm³/mol. The first-order valence-electron chi connectivity index (χ1n) is 7.13. The minimum atomic E-state index is -0.397. The van der Waals surface area contributed by atoms with Crippen LogP contribution < -0.4 is 16.4 Å². The molecule has 0 saturated heterocycles. The quantitative estimate of drug-likeness (QED) is 0.592. The molecule has 3 aromatic rings. The van der Waals surface area contributed by atoms with Crippen molar-refractivity contribution in [1.82, 2.24) is 9.97 Å². The number of amides is 2. The highest BCUT2D eigenvalue weighted by Gasteiger charge is 2.06. The SMILES string of the molecule is N#Cc1cccc(NC(=O)Nc2cccc(-c3cnc(N)[nH]3)c2)c1. The van der Waals surface area contributed by atoms with Crippen LogP contribution in [-0.4, -0.2) is 16.0 Å². The maximum absolute atomic E-state index is 12.1. The summed E-state index contributed by atoms with van der Waals surface area (Å²) in [6, 6.07) is 15.6. The lowest BCUT2D eigenvalue weighted by Gasteiger charge is -2.09. The average Bonchev–Trinajstić information content (AvgIpc) is 3.02. The van der Waals surface area contributed by atoms with Gasteiger partial charge >= 0.3 is 6.03 Å². The lowest BCUT2D eigenvalue weighted by Crippen LogP contribution is -2.19. The van der Waals surface area contributed by atoms with Gasteiger partial charge in [0.2, 0.25) is 0 Å². The van der Waals surface area contributed by atoms with Crippen molar-refractivity contribution in [1.29, 1.82) is 5.26 Å². The molecule has 3 rings (SSSR count). The van der Waals surface area contributed by atoms with Crippen LogP contribution in [0.25, 0.3) is 11.3 Å². The molecule has 7 nitrogen and oxygen atoms in total. The van der Waals surface area contributed by atoms with E-state index in [1.54, 1.807) is 42.6 Å². The molecule has 0 radical (unpaired) electrons. The Morgan fingerprint density at radius 1 is 1.12 bits per heavy atom. The third kappa shape index (κ3) is 3.51. The minimum absolute atomic E-state index is 0.332. The van der Waals surface area contributed by atoms with Gasteiger partial charge in [-0.15, -0.1) is 0 Å². The first kappa shape index (κ1) is 15.1. The number of anilines is 3. The summed E-state index contributed by atoms with van der Waals surface area (Å²) in [6.07, 6.45) is 1.63. The molecule has 24 heavy (non-hydrogen) atoms. The van der Waals surface area contributed by atoms with E-state index < -0.39 is 6.03 Å². The molecule has 0 saturated carbocycles. The first-order valence-corrected chi connectivity index (χ1v) is 7.13. The number of rotatable bonds is 3. The van der Waals surface area contributed by atoms with Crippen LogP contribution in [0.2, 0.25) is 0 Å². The third-order valence-corrected chi connectivity index (χ3v) is 3.28. The van der Waals surface area contributed by atoms with Gasteiger partial charge in [-0.1, -0.05) is 18.2 Å². The number of carbonyl (C=O) groups excluding carboxylic acids is 1. The van der Waals surface area contributed by atoms with Crippen LogP contribution in [0.3, 0.4) is 0 Å². The molecule has 0 atom stereocenters. The summed E-state index contributed by atoms with van der Waals surface area (Å²) in [5, 5.41) is 14.3. The lowest BCUT2D eigenvalue weighted by molar-refractivity contribution is 0.262. The molecule has 0 unspecified atom stereocenters. The third-order valence-electron chi connectivity index (χ3n) is 3.28. The van der Waals surface area contributed by atoms with Crippen molar-refractivity contribution in [3.05, 3.63) is 60.3 Å². The lowest BCUT2D eigenvalue weighted by atomic mass is 10.1. The Morgan fingerprint density at radius 2 is 1.83 bits per heavy atom. The van der Waals surface area contributed by atoms with Crippen molar-refractivity contribution in [2.45, 2.75) is 0 Å². The number of nitriles is 1. The molecule has 0 aliphatic carbocycles. The summed E-state index contributed by atoms with van der Waals surface area (Å²) in [6.45, 7) is 0. The number of nitrogens with two attached hydrogens (primary N) is 1. The Hall–Kier alpha value is -3.79. The van der Waals surface area contributed by atoms with Crippen LogP contribution >= 0.6 is 0 Å². The van der Waals surface area contributed by atoms with E-state index in [2.05, 4.69) is 20.6 Å². The van der Waals surface area contributed by atoms with Gasteiger partial charge in [-0.3, -0.25) is 0 Å². The van der Waals surface area contributed by atoms with E-state index in [0.717, 1.165) is 11.3 Å². The second kappa shape index (κ2) is 6.54. The Kier molecular flexibility index (Phi) is 4.12. The highest BCUT2D eigenvalue weighted by molar-refractivity contribution is 6.00. The van der Waals surface area contributed by atoms with Crippen LogP contribution in [0, 0.1) is 11.3 Å². The van der Waals surface area contributed by atoms with Gasteiger partial charge in [0.1, 0.15) is 0 Å². The smallest absolute Gasteiger partial charge is 0.323 e. The molecular formula is C17H14N6O. The maximum Gasteiger partial charge on any atom is 0.323 e. The second-order valence-electron chi connectivity index (χ2n) is 5.03. The van der Waals surface area contributed by atoms with Crippen molar-refractivity contribution in [3.8, 4) is 17.3 Å². The second-order valence-corrected chi connectivity index (χ2v) is 5.03. The highest BCUT2D eigenvalue weighted by Crippen LogP contribution is 2.21. The van der Waals surface area contributed by atoms with Crippen molar-refractivity contribution in [2.24, 2.45) is 0 Å². The van der Waals surface area contributed by atoms with Crippen LogP contribution in [-0.2, 0) is 0 Å². The van der Waals surface area contributed by atoms with Gasteiger partial charge in [-0.25, -0.2) is 9.78 Å². The van der Waals surface area contributed by atoms with E-state index in [9.17, 15) is 4.79 Å². The van der Waals surface area contributed by atoms with Crippen LogP contribution in [0.4, 0.5) is 22.1 Å². The highest BCUT2D eigenvalue weighted by atomic mass is 16.2. The Labute approximate surface area is 138 Å². The topological polar surface area (TPSA) is 120 Å². The fourth-order valence-electron chi connectivity index (χ4n) is 2.21. The fourth-order valence-corrected chi connectivity index (χ4v) is 2.21. The van der Waals surface area contributed by atoms with E-state index >= 15 is 0 Å². The molecule has 0 spiro atoms. The van der Waals surface area contributed by atoms with Crippen LogP contribution in [0.1, 0.15) is 5.56 Å². The number of H-pyrrole nitrogens is 1. The maximum atomic E-state index is 12.1. The molecular weight excluding hydrogens is 304 g/mol. The molecule has 1 aromatic heterocycles. The van der Waals surface area contributed by atoms with Gasteiger partial charge < -0.3 is 21.4 Å². The number of urea groups is 1. The minimum Gasteiger partial charge on any atom is -0.369 e. The first-order chi connectivity index (χ1) is 11.6. The molecule has 1 heterocycles. The summed E-state index contributed by atoms with van der Waals surface area (Å²) < 4.78 is 0. The van der Waals surface area contributed by atoms with Crippen molar-refractivity contribution >= 4 is 23.4 Å². The van der Waals surface area contributed by atoms with E-state index in [0.29, 0.717) is 22.9 Å². The Bertz CT molecular complexity index is 925. The summed E-state index contributed by atoms with van der Waals surface area (Å²) >= 11 is 0. The van der Waals surface area contributed by atoms with Gasteiger partial charge in [-0.2, -0.15) is 5.26 Å². The molecule has 7 heteroatoms. The van der Waals surface area contributed by atoms with E-state index in [1.807, 2.05) is 18.2 Å². The fraction of sp³-hybridized carbons (Fsp3) is 0. The Balaban J connectivity index is 1.71. The van der Waals surface area contributed by atoms with E-state index in [4.69, 9.17) is 11.0 Å². The number of carbonyl (C=O) groups is 1. The van der Waals surface area contributed by atoms with Crippen LogP contribution in [0.5, 0.6) is 0 Å². The van der Waals surface area contributed by atoms with Gasteiger partial charge in [0.25, 0.3) is 0 Å². The summed E-state index contributed by atoms with van der Waals surface area (Å²) in [5.74, 6) is 0.332. The summed E-state index contributed by atoms with van der Waals surface area (Å²) in [4.78, 5) is 19.0. The number of nitrogens with zero attached hydrogens (tertiary/aromatic N) is 2. The number of hydrogen-bond acceptors (Lipinski definition) is 4. The van der Waals surface area contributed by atoms with Crippen molar-refractivity contribution in [2.75, 3.05) is 16.4 Å². The molecule has 0 fully saturated rings. The van der Waals surface area contributed by atoms with Crippen LogP contribution in [0.15, 0.2) is 54.7 Å². The number of imidazole rings is 1. The summed E-state index contributed by atoms with van der Waals surface area (Å²) in [5.41, 5.74) is 8.83. The number of nitrogen functional groups attached to an aromatic ring is 1. The van der Waals surface area contributed by atoms with Gasteiger partial charge in [0.15, 0.2) is 5.95 Å². The molecule has 0 bridgehead atoms. The zero-order valence-electron chi connectivity index (χ0n) is 12.6. The number of benzene rings is 2. The Morgan fingerprint density at radius 3 is 2.50 bits per heavy atom. The van der Waals surface area contributed by atoms with Gasteiger partial charge in [0, 0.05) is 16.9 Å². The predicted octanol–water partition coefficient (Wildman–Crippen LogP) is 3.17. The van der Waals surface area contributed by atoms with E-state index in [1.165, 1.54) is 0 Å². The van der Waals surface area contributed by atoms with E-state index in [-0.39, 0.29) is 0 Å². The van der Waals surface area contributed by atoms with Crippen molar-refractivity contribution in [3.63, 3.8) is 0 Å². The average molecular weight is 318 g/mol. The monoisotopic (exact) mass is 318 g/mol. The van der Waals surface area contributed by atoms with Gasteiger partial charge in [-0.05, 0) is 30.3 Å². The number of aromatic amines is 1. The number of aromatic nitrogens is 2. The molecule has 118 valence electrons. The normalized spacial score (nSPS) is 9.96. The molecule has 0 aliphatic rings. The zero-order valence-corrected chi connectivity index (χ0v) is 12.6. The molecule has 5 N–H and O–H groups in total. The number of nitrogens with one attached hydrogen (secondary N) is 3. The molecule has 2 amide bonds. The van der Waals surface area contributed by atoms with Crippen molar-refractivity contribution < 1.29 is 4.79 Å².